The van der Waals surface area contributed by atoms with E-state index in [2.05, 4.69) is 19.2 Å². The van der Waals surface area contributed by atoms with Gasteiger partial charge in [-0.25, -0.2) is 4.39 Å². The fourth-order valence-electron chi connectivity index (χ4n) is 2.10. The maximum absolute atomic E-state index is 13.5. The third kappa shape index (κ3) is 2.67. The van der Waals surface area contributed by atoms with E-state index >= 15 is 0 Å². The maximum atomic E-state index is 13.5. The van der Waals surface area contributed by atoms with Gasteiger partial charge in [0.05, 0.1) is 11.7 Å². The fourth-order valence-corrected chi connectivity index (χ4v) is 2.10. The average Bonchev–Trinajstić information content (AvgIpc) is 2.33. The SMILES string of the molecule is CCC1(C)CNCC(c2ccc(C)c(F)c2)O1. The molecule has 2 rings (SSSR count). The monoisotopic (exact) mass is 237 g/mol. The summed E-state index contributed by atoms with van der Waals surface area (Å²) in [5.41, 5.74) is 1.44. The lowest BCUT2D eigenvalue weighted by molar-refractivity contribution is -0.109. The Morgan fingerprint density at radius 3 is 2.94 bits per heavy atom. The van der Waals surface area contributed by atoms with Gasteiger partial charge in [-0.3, -0.25) is 0 Å². The second-order valence-electron chi connectivity index (χ2n) is 5.05. The molecular weight excluding hydrogens is 217 g/mol. The Morgan fingerprint density at radius 1 is 1.53 bits per heavy atom. The highest BCUT2D eigenvalue weighted by Crippen LogP contribution is 2.29. The van der Waals surface area contributed by atoms with E-state index in [0.29, 0.717) is 5.56 Å². The summed E-state index contributed by atoms with van der Waals surface area (Å²) < 4.78 is 19.6. The third-order valence-corrected chi connectivity index (χ3v) is 3.57. The number of benzene rings is 1. The first-order valence-corrected chi connectivity index (χ1v) is 6.19. The average molecular weight is 237 g/mol. The second kappa shape index (κ2) is 4.75. The molecule has 0 saturated carbocycles. The number of halogens is 1. The number of morpholine rings is 1. The van der Waals surface area contributed by atoms with Crippen LogP contribution in [0.15, 0.2) is 18.2 Å². The van der Waals surface area contributed by atoms with E-state index in [1.54, 1.807) is 13.0 Å². The van der Waals surface area contributed by atoms with Crippen LogP contribution in [0.3, 0.4) is 0 Å². The van der Waals surface area contributed by atoms with Crippen molar-refractivity contribution in [2.75, 3.05) is 13.1 Å². The second-order valence-corrected chi connectivity index (χ2v) is 5.05. The first kappa shape index (κ1) is 12.5. The van der Waals surface area contributed by atoms with Gasteiger partial charge in [0.25, 0.3) is 0 Å². The van der Waals surface area contributed by atoms with E-state index in [4.69, 9.17) is 4.74 Å². The van der Waals surface area contributed by atoms with Crippen molar-refractivity contribution in [2.24, 2.45) is 0 Å². The minimum atomic E-state index is -0.158. The van der Waals surface area contributed by atoms with Crippen LogP contribution in [0.4, 0.5) is 4.39 Å². The van der Waals surface area contributed by atoms with Gasteiger partial charge in [0.1, 0.15) is 5.82 Å². The Hall–Kier alpha value is -0.930. The van der Waals surface area contributed by atoms with Gasteiger partial charge in [-0.1, -0.05) is 19.1 Å². The van der Waals surface area contributed by atoms with Crippen molar-refractivity contribution in [3.05, 3.63) is 35.1 Å². The number of rotatable bonds is 2. The highest BCUT2D eigenvalue weighted by Gasteiger charge is 2.31. The van der Waals surface area contributed by atoms with E-state index in [-0.39, 0.29) is 17.5 Å². The fraction of sp³-hybridized carbons (Fsp3) is 0.571. The molecule has 0 radical (unpaired) electrons. The Labute approximate surface area is 102 Å². The van der Waals surface area contributed by atoms with Crippen LogP contribution in [0, 0.1) is 12.7 Å². The van der Waals surface area contributed by atoms with Crippen LogP contribution >= 0.6 is 0 Å². The van der Waals surface area contributed by atoms with Crippen LogP contribution in [-0.2, 0) is 4.74 Å². The molecule has 17 heavy (non-hydrogen) atoms. The highest BCUT2D eigenvalue weighted by atomic mass is 19.1. The minimum absolute atomic E-state index is 0.0520. The molecule has 3 heteroatoms. The molecular formula is C14H20FNO. The third-order valence-electron chi connectivity index (χ3n) is 3.57. The Balaban J connectivity index is 2.19. The first-order chi connectivity index (χ1) is 8.04. The molecule has 1 heterocycles. The molecule has 2 nitrogen and oxygen atoms in total. The van der Waals surface area contributed by atoms with E-state index in [1.165, 1.54) is 0 Å². The van der Waals surface area contributed by atoms with Gasteiger partial charge in [-0.15, -0.1) is 0 Å². The Morgan fingerprint density at radius 2 is 2.29 bits per heavy atom. The normalized spacial score (nSPS) is 29.3. The summed E-state index contributed by atoms with van der Waals surface area (Å²) in [6.45, 7) is 7.58. The molecule has 1 aliphatic rings. The van der Waals surface area contributed by atoms with Crippen LogP contribution in [0.1, 0.15) is 37.5 Å². The van der Waals surface area contributed by atoms with Gasteiger partial charge >= 0.3 is 0 Å². The van der Waals surface area contributed by atoms with Gasteiger partial charge in [-0.05, 0) is 37.5 Å². The molecule has 2 unspecified atom stereocenters. The predicted molar refractivity (Wildman–Crippen MR) is 66.5 cm³/mol. The number of nitrogens with one attached hydrogen (secondary N) is 1. The van der Waals surface area contributed by atoms with Gasteiger partial charge in [-0.2, -0.15) is 0 Å². The van der Waals surface area contributed by atoms with Gasteiger partial charge in [0, 0.05) is 13.1 Å². The molecule has 1 aromatic rings. The van der Waals surface area contributed by atoms with Crippen LogP contribution < -0.4 is 5.32 Å². The zero-order chi connectivity index (χ0) is 12.5. The van der Waals surface area contributed by atoms with E-state index in [0.717, 1.165) is 25.1 Å². The van der Waals surface area contributed by atoms with Crippen LogP contribution in [0.25, 0.3) is 0 Å². The van der Waals surface area contributed by atoms with Crippen molar-refractivity contribution in [1.82, 2.24) is 5.32 Å². The summed E-state index contributed by atoms with van der Waals surface area (Å²) in [5, 5.41) is 3.36. The van der Waals surface area contributed by atoms with E-state index in [9.17, 15) is 4.39 Å². The van der Waals surface area contributed by atoms with E-state index < -0.39 is 0 Å². The molecule has 1 aromatic carbocycles. The number of aryl methyl sites for hydroxylation is 1. The van der Waals surface area contributed by atoms with Gasteiger partial charge < -0.3 is 10.1 Å². The van der Waals surface area contributed by atoms with Crippen molar-refractivity contribution in [3.8, 4) is 0 Å². The molecule has 94 valence electrons. The summed E-state index contributed by atoms with van der Waals surface area (Å²) in [4.78, 5) is 0. The van der Waals surface area contributed by atoms with Crippen molar-refractivity contribution >= 4 is 0 Å². The molecule has 1 saturated heterocycles. The van der Waals surface area contributed by atoms with Crippen molar-refractivity contribution in [3.63, 3.8) is 0 Å². The van der Waals surface area contributed by atoms with Gasteiger partial charge in [0.15, 0.2) is 0 Å². The van der Waals surface area contributed by atoms with Crippen molar-refractivity contribution in [1.29, 1.82) is 0 Å². The zero-order valence-electron chi connectivity index (χ0n) is 10.7. The lowest BCUT2D eigenvalue weighted by Gasteiger charge is -2.39. The van der Waals surface area contributed by atoms with Crippen LogP contribution in [-0.4, -0.2) is 18.7 Å². The summed E-state index contributed by atoms with van der Waals surface area (Å²) in [6.07, 6.45) is 0.897. The van der Waals surface area contributed by atoms with Crippen LogP contribution in [0.5, 0.6) is 0 Å². The molecule has 1 fully saturated rings. The Bertz CT molecular complexity index is 407. The predicted octanol–water partition coefficient (Wildman–Crippen LogP) is 2.96. The number of hydrogen-bond acceptors (Lipinski definition) is 2. The molecule has 1 N–H and O–H groups in total. The standard InChI is InChI=1S/C14H20FNO/c1-4-14(3)9-16-8-13(17-14)11-6-5-10(2)12(15)7-11/h5-7,13,16H,4,8-9H2,1-3H3. The zero-order valence-corrected chi connectivity index (χ0v) is 10.7. The lowest BCUT2D eigenvalue weighted by atomic mass is 9.98. The molecule has 0 spiro atoms. The topological polar surface area (TPSA) is 21.3 Å². The van der Waals surface area contributed by atoms with E-state index in [1.807, 2.05) is 12.1 Å². The molecule has 2 atom stereocenters. The van der Waals surface area contributed by atoms with Crippen molar-refractivity contribution < 1.29 is 9.13 Å². The Kier molecular flexibility index (Phi) is 3.50. The smallest absolute Gasteiger partial charge is 0.126 e. The highest BCUT2D eigenvalue weighted by molar-refractivity contribution is 5.25. The molecule has 1 aliphatic heterocycles. The number of hydrogen-bond donors (Lipinski definition) is 1. The minimum Gasteiger partial charge on any atom is -0.365 e. The quantitative estimate of drug-likeness (QED) is 0.854. The maximum Gasteiger partial charge on any atom is 0.126 e. The summed E-state index contributed by atoms with van der Waals surface area (Å²) in [5.74, 6) is -0.158. The largest absolute Gasteiger partial charge is 0.365 e. The number of ether oxygens (including phenoxy) is 1. The molecule has 0 bridgehead atoms. The molecule has 0 aliphatic carbocycles. The molecule has 0 aromatic heterocycles. The van der Waals surface area contributed by atoms with Gasteiger partial charge in [0.2, 0.25) is 0 Å². The molecule has 0 amide bonds. The first-order valence-electron chi connectivity index (χ1n) is 6.19. The van der Waals surface area contributed by atoms with Crippen molar-refractivity contribution in [2.45, 2.75) is 38.9 Å². The summed E-state index contributed by atoms with van der Waals surface area (Å²) in [7, 11) is 0. The summed E-state index contributed by atoms with van der Waals surface area (Å²) in [6, 6.07) is 5.35. The summed E-state index contributed by atoms with van der Waals surface area (Å²) >= 11 is 0. The van der Waals surface area contributed by atoms with Crippen LogP contribution in [0.2, 0.25) is 0 Å². The lowest BCUT2D eigenvalue weighted by Crippen LogP contribution is -2.48.